The Morgan fingerprint density at radius 2 is 1.93 bits per heavy atom. The fraction of sp³-hybridized carbons (Fsp3) is 0.320. The number of pyridine rings is 1. The van der Waals surface area contributed by atoms with Crippen LogP contribution in [0, 0.1) is 0 Å². The first-order valence-electron chi connectivity index (χ1n) is 10.5. The van der Waals surface area contributed by atoms with Gasteiger partial charge in [-0.3, -0.25) is 4.98 Å². The van der Waals surface area contributed by atoms with Crippen molar-refractivity contribution in [2.45, 2.75) is 20.3 Å². The van der Waals surface area contributed by atoms with Gasteiger partial charge in [-0.15, -0.1) is 11.3 Å². The summed E-state index contributed by atoms with van der Waals surface area (Å²) in [6, 6.07) is 14.5. The molecule has 0 saturated carbocycles. The second-order valence-corrected chi connectivity index (χ2v) is 8.20. The van der Waals surface area contributed by atoms with Gasteiger partial charge >= 0.3 is 0 Å². The van der Waals surface area contributed by atoms with Crippen LogP contribution in [0.3, 0.4) is 0 Å². The van der Waals surface area contributed by atoms with Gasteiger partial charge in [0, 0.05) is 29.1 Å². The fourth-order valence-electron chi connectivity index (χ4n) is 3.92. The second kappa shape index (κ2) is 9.45. The Labute approximate surface area is 182 Å². The normalized spacial score (nSPS) is 11.5. The molecule has 0 N–H and O–H groups in total. The molecule has 0 unspecified atom stereocenters. The lowest BCUT2D eigenvalue weighted by molar-refractivity contribution is 0.249. The molecule has 0 aliphatic rings. The number of hydrogen-bond donors (Lipinski definition) is 0. The van der Waals surface area contributed by atoms with Crippen molar-refractivity contribution >= 4 is 32.3 Å². The van der Waals surface area contributed by atoms with Gasteiger partial charge in [-0.1, -0.05) is 26.0 Å². The van der Waals surface area contributed by atoms with E-state index in [1.165, 1.54) is 10.1 Å². The topological polar surface area (TPSA) is 34.6 Å². The zero-order valence-electron chi connectivity index (χ0n) is 17.9. The Kier molecular flexibility index (Phi) is 6.50. The minimum absolute atomic E-state index is 0.711. The first kappa shape index (κ1) is 20.6. The maximum atomic E-state index is 6.08. The van der Waals surface area contributed by atoms with Crippen molar-refractivity contribution in [2.24, 2.45) is 0 Å². The highest BCUT2D eigenvalue weighted by molar-refractivity contribution is 7.17. The Morgan fingerprint density at radius 1 is 1.07 bits per heavy atom. The van der Waals surface area contributed by atoms with E-state index in [9.17, 15) is 0 Å². The monoisotopic (exact) mass is 420 g/mol. The summed E-state index contributed by atoms with van der Waals surface area (Å²) < 4.78 is 13.0. The number of aromatic nitrogens is 1. The van der Waals surface area contributed by atoms with Gasteiger partial charge in [-0.2, -0.15) is 0 Å². The van der Waals surface area contributed by atoms with Gasteiger partial charge in [0.15, 0.2) is 0 Å². The maximum absolute atomic E-state index is 6.08. The maximum Gasteiger partial charge on any atom is 0.127 e. The number of methoxy groups -OCH3 is 1. The molecule has 0 saturated heterocycles. The van der Waals surface area contributed by atoms with Crippen molar-refractivity contribution in [1.82, 2.24) is 9.88 Å². The minimum atomic E-state index is 0.711. The van der Waals surface area contributed by atoms with E-state index in [1.807, 2.05) is 24.4 Å². The molecule has 2 aromatic heterocycles. The van der Waals surface area contributed by atoms with Crippen LogP contribution in [0.4, 0.5) is 0 Å². The van der Waals surface area contributed by atoms with Gasteiger partial charge in [0.1, 0.15) is 11.5 Å². The summed E-state index contributed by atoms with van der Waals surface area (Å²) in [5.41, 5.74) is 3.13. The first-order valence-corrected chi connectivity index (χ1v) is 11.4. The zero-order valence-corrected chi connectivity index (χ0v) is 18.7. The van der Waals surface area contributed by atoms with Crippen molar-refractivity contribution in [3.05, 3.63) is 54.0 Å². The third-order valence-electron chi connectivity index (χ3n) is 5.55. The average molecular weight is 421 g/mol. The molecule has 0 fully saturated rings. The van der Waals surface area contributed by atoms with Crippen LogP contribution in [0.2, 0.25) is 0 Å². The molecule has 2 heterocycles. The van der Waals surface area contributed by atoms with E-state index in [0.717, 1.165) is 59.6 Å². The quantitative estimate of drug-likeness (QED) is 0.300. The highest BCUT2D eigenvalue weighted by Gasteiger charge is 2.15. The van der Waals surface area contributed by atoms with Crippen molar-refractivity contribution in [3.8, 4) is 22.6 Å². The molecular formula is C25H28N2O2S. The average Bonchev–Trinajstić information content (AvgIpc) is 3.28. The number of fused-ring (bicyclic) bond motifs is 3. The third kappa shape index (κ3) is 4.13. The summed E-state index contributed by atoms with van der Waals surface area (Å²) in [6.45, 7) is 8.33. The molecule has 4 aromatic rings. The third-order valence-corrected chi connectivity index (χ3v) is 6.41. The summed E-state index contributed by atoms with van der Waals surface area (Å²) in [5.74, 6) is 1.73. The molecule has 0 aliphatic heterocycles. The van der Waals surface area contributed by atoms with Crippen LogP contribution in [-0.4, -0.2) is 43.2 Å². The number of benzene rings is 2. The summed E-state index contributed by atoms with van der Waals surface area (Å²) in [6.07, 6.45) is 2.97. The fourth-order valence-corrected chi connectivity index (χ4v) is 4.69. The van der Waals surface area contributed by atoms with Crippen molar-refractivity contribution in [3.63, 3.8) is 0 Å². The number of nitrogens with zero attached hydrogens (tertiary/aromatic N) is 2. The van der Waals surface area contributed by atoms with Crippen molar-refractivity contribution in [2.75, 3.05) is 33.4 Å². The molecule has 0 spiro atoms. The smallest absolute Gasteiger partial charge is 0.127 e. The number of ether oxygens (including phenoxy) is 2. The molecule has 30 heavy (non-hydrogen) atoms. The van der Waals surface area contributed by atoms with Crippen LogP contribution >= 0.6 is 11.3 Å². The lowest BCUT2D eigenvalue weighted by Crippen LogP contribution is -2.25. The predicted molar refractivity (Wildman–Crippen MR) is 127 cm³/mol. The molecule has 2 aromatic carbocycles. The van der Waals surface area contributed by atoms with E-state index in [2.05, 4.69) is 53.4 Å². The van der Waals surface area contributed by atoms with Crippen molar-refractivity contribution in [1.29, 1.82) is 0 Å². The number of hydrogen-bond acceptors (Lipinski definition) is 5. The van der Waals surface area contributed by atoms with Gasteiger partial charge in [0.25, 0.3) is 0 Å². The largest absolute Gasteiger partial charge is 0.496 e. The van der Waals surface area contributed by atoms with Crippen LogP contribution in [-0.2, 0) is 0 Å². The SMILES string of the molecule is CCN(CC)CCCOc1cccc(-c2c(OC)ccc3ncc4sccc4c23)c1. The Morgan fingerprint density at radius 3 is 2.73 bits per heavy atom. The molecule has 0 amide bonds. The van der Waals surface area contributed by atoms with Crippen LogP contribution in [0.15, 0.2) is 54.0 Å². The van der Waals surface area contributed by atoms with Gasteiger partial charge in [-0.05, 0) is 60.8 Å². The van der Waals surface area contributed by atoms with Crippen LogP contribution in [0.1, 0.15) is 20.3 Å². The molecule has 0 radical (unpaired) electrons. The molecule has 5 heteroatoms. The van der Waals surface area contributed by atoms with E-state index in [4.69, 9.17) is 9.47 Å². The molecule has 0 aliphatic carbocycles. The van der Waals surface area contributed by atoms with E-state index < -0.39 is 0 Å². The first-order chi connectivity index (χ1) is 14.7. The lowest BCUT2D eigenvalue weighted by atomic mass is 9.97. The van der Waals surface area contributed by atoms with Gasteiger partial charge < -0.3 is 14.4 Å². The summed E-state index contributed by atoms with van der Waals surface area (Å²) >= 11 is 1.71. The molecule has 4 nitrogen and oxygen atoms in total. The Balaban J connectivity index is 1.67. The Bertz CT molecular complexity index is 1130. The minimum Gasteiger partial charge on any atom is -0.496 e. The highest BCUT2D eigenvalue weighted by atomic mass is 32.1. The van der Waals surface area contributed by atoms with Crippen molar-refractivity contribution < 1.29 is 9.47 Å². The van der Waals surface area contributed by atoms with Gasteiger partial charge in [0.2, 0.25) is 0 Å². The van der Waals surface area contributed by atoms with E-state index in [1.54, 1.807) is 18.4 Å². The van der Waals surface area contributed by atoms with Gasteiger partial charge in [-0.25, -0.2) is 0 Å². The van der Waals surface area contributed by atoms with Crippen LogP contribution < -0.4 is 9.47 Å². The summed E-state index contributed by atoms with van der Waals surface area (Å²) in [5, 5.41) is 4.46. The molecule has 0 bridgehead atoms. The van der Waals surface area contributed by atoms with Crippen LogP contribution in [0.5, 0.6) is 11.5 Å². The molecular weight excluding hydrogens is 392 g/mol. The highest BCUT2D eigenvalue weighted by Crippen LogP contribution is 2.41. The summed E-state index contributed by atoms with van der Waals surface area (Å²) in [4.78, 5) is 7.09. The Hall–Kier alpha value is -2.63. The molecule has 4 rings (SSSR count). The van der Waals surface area contributed by atoms with Crippen LogP contribution in [0.25, 0.3) is 32.1 Å². The van der Waals surface area contributed by atoms with E-state index in [0.29, 0.717) is 6.61 Å². The lowest BCUT2D eigenvalue weighted by Gasteiger charge is -2.18. The van der Waals surface area contributed by atoms with E-state index >= 15 is 0 Å². The second-order valence-electron chi connectivity index (χ2n) is 7.25. The van der Waals surface area contributed by atoms with E-state index in [-0.39, 0.29) is 0 Å². The zero-order chi connectivity index (χ0) is 20.9. The summed E-state index contributed by atoms with van der Waals surface area (Å²) in [7, 11) is 1.72. The number of thiophene rings is 1. The molecule has 156 valence electrons. The van der Waals surface area contributed by atoms with Gasteiger partial charge in [0.05, 0.1) is 23.9 Å². The predicted octanol–water partition coefficient (Wildman–Crippen LogP) is 6.24. The molecule has 0 atom stereocenters. The standard InChI is InChI=1S/C25H28N2O2S/c1-4-27(5-2)13-7-14-29-19-9-6-8-18(16-19)24-22(28-3)11-10-21-25(24)20-12-15-30-23(20)17-26-21/h6,8-12,15-17H,4-5,7,13-14H2,1-3H3. The number of rotatable bonds is 9.